The molecule has 0 radical (unpaired) electrons. The molecule has 1 amide bonds. The fourth-order valence-corrected chi connectivity index (χ4v) is 3.39. The number of amides is 1. The smallest absolute Gasteiger partial charge is 0.257 e. The van der Waals surface area contributed by atoms with Crippen molar-refractivity contribution in [3.63, 3.8) is 0 Å². The number of anilines is 1. The first-order chi connectivity index (χ1) is 14.3. The Hall–Kier alpha value is -2.49. The zero-order valence-electron chi connectivity index (χ0n) is 16.9. The van der Waals surface area contributed by atoms with Gasteiger partial charge in [0.1, 0.15) is 5.75 Å². The number of ether oxygens (including phenoxy) is 1. The highest BCUT2D eigenvalue weighted by Gasteiger charge is 2.10. The summed E-state index contributed by atoms with van der Waals surface area (Å²) in [6, 6.07) is 12.6. The van der Waals surface area contributed by atoms with Crippen LogP contribution in [0.15, 0.2) is 53.4 Å². The van der Waals surface area contributed by atoms with Crippen molar-refractivity contribution in [2.75, 3.05) is 11.9 Å². The molecule has 2 rings (SSSR count). The fraction of sp³-hybridized carbons (Fsp3) is 0.333. The molecule has 7 nitrogen and oxygen atoms in total. The minimum Gasteiger partial charge on any atom is -0.494 e. The first-order valence-electron chi connectivity index (χ1n) is 9.77. The second-order valence-corrected chi connectivity index (χ2v) is 8.73. The van der Waals surface area contributed by atoms with Crippen molar-refractivity contribution < 1.29 is 17.9 Å². The molecule has 0 aliphatic heterocycles. The number of sulfonamides is 1. The molecule has 0 aromatic heterocycles. The fourth-order valence-electron chi connectivity index (χ4n) is 2.66. The van der Waals surface area contributed by atoms with Gasteiger partial charge in [0.15, 0.2) is 5.11 Å². The van der Waals surface area contributed by atoms with Crippen LogP contribution >= 0.6 is 12.2 Å². The van der Waals surface area contributed by atoms with Crippen LogP contribution in [-0.2, 0) is 10.0 Å². The summed E-state index contributed by atoms with van der Waals surface area (Å²) in [7, 11) is -3.76. The molecule has 4 N–H and O–H groups in total. The molecule has 2 aromatic carbocycles. The van der Waals surface area contributed by atoms with E-state index in [9.17, 15) is 13.2 Å². The summed E-state index contributed by atoms with van der Waals surface area (Å²) in [6.45, 7) is 2.85. The van der Waals surface area contributed by atoms with E-state index < -0.39 is 10.0 Å². The van der Waals surface area contributed by atoms with E-state index in [0.717, 1.165) is 18.6 Å². The van der Waals surface area contributed by atoms with Crippen LogP contribution in [0.1, 0.15) is 49.4 Å². The SMILES string of the molecule is CCCCCCCOc1ccc(C(=O)NC(=S)Nc2ccc(S(N)(=O)=O)cc2)cc1. The van der Waals surface area contributed by atoms with Crippen molar-refractivity contribution >= 4 is 38.9 Å². The monoisotopic (exact) mass is 449 g/mol. The number of benzene rings is 2. The molecular weight excluding hydrogens is 422 g/mol. The van der Waals surface area contributed by atoms with E-state index in [1.165, 1.54) is 43.5 Å². The standard InChI is InChI=1S/C21H27N3O4S2/c1-2-3-4-5-6-15-28-18-11-7-16(8-12-18)20(25)24-21(29)23-17-9-13-19(14-10-17)30(22,26)27/h7-14H,2-6,15H2,1H3,(H2,22,26,27)(H2,23,24,25,29). The number of unbranched alkanes of at least 4 members (excludes halogenated alkanes) is 4. The van der Waals surface area contributed by atoms with Crippen LogP contribution in [-0.4, -0.2) is 26.0 Å². The van der Waals surface area contributed by atoms with Gasteiger partial charge in [-0.05, 0) is 67.2 Å². The van der Waals surface area contributed by atoms with Gasteiger partial charge < -0.3 is 10.1 Å². The molecule has 162 valence electrons. The zero-order chi connectivity index (χ0) is 22.0. The average molecular weight is 450 g/mol. The second-order valence-electron chi connectivity index (χ2n) is 6.76. The number of carbonyl (C=O) groups excluding carboxylic acids is 1. The third kappa shape index (κ3) is 8.10. The molecule has 0 aliphatic carbocycles. The Morgan fingerprint density at radius 3 is 2.23 bits per heavy atom. The van der Waals surface area contributed by atoms with Gasteiger partial charge in [-0.2, -0.15) is 0 Å². The van der Waals surface area contributed by atoms with E-state index in [4.69, 9.17) is 22.1 Å². The Morgan fingerprint density at radius 2 is 1.63 bits per heavy atom. The number of nitrogens with one attached hydrogen (secondary N) is 2. The lowest BCUT2D eigenvalue weighted by atomic mass is 10.2. The van der Waals surface area contributed by atoms with Crippen molar-refractivity contribution in [3.8, 4) is 5.75 Å². The number of rotatable bonds is 10. The number of thiocarbonyl (C=S) groups is 1. The number of hydrogen-bond acceptors (Lipinski definition) is 5. The molecule has 9 heteroatoms. The Morgan fingerprint density at radius 1 is 1.00 bits per heavy atom. The minimum absolute atomic E-state index is 0.00808. The van der Waals surface area contributed by atoms with E-state index in [2.05, 4.69) is 17.6 Å². The van der Waals surface area contributed by atoms with Crippen LogP contribution < -0.4 is 20.5 Å². The summed E-state index contributed by atoms with van der Waals surface area (Å²) >= 11 is 5.13. The predicted molar refractivity (Wildman–Crippen MR) is 122 cm³/mol. The van der Waals surface area contributed by atoms with E-state index in [-0.39, 0.29) is 15.9 Å². The Kier molecular flexibility index (Phi) is 9.22. The topological polar surface area (TPSA) is 111 Å². The Bertz CT molecular complexity index is 943. The van der Waals surface area contributed by atoms with E-state index in [1.54, 1.807) is 24.3 Å². The van der Waals surface area contributed by atoms with Gasteiger partial charge in [-0.3, -0.25) is 10.1 Å². The third-order valence-electron chi connectivity index (χ3n) is 4.30. The molecule has 0 fully saturated rings. The van der Waals surface area contributed by atoms with Gasteiger partial charge in [-0.15, -0.1) is 0 Å². The van der Waals surface area contributed by atoms with Crippen molar-refractivity contribution in [2.24, 2.45) is 5.14 Å². The maximum Gasteiger partial charge on any atom is 0.257 e. The molecule has 0 saturated carbocycles. The lowest BCUT2D eigenvalue weighted by Crippen LogP contribution is -2.34. The largest absolute Gasteiger partial charge is 0.494 e. The van der Waals surface area contributed by atoms with Gasteiger partial charge >= 0.3 is 0 Å². The van der Waals surface area contributed by atoms with E-state index >= 15 is 0 Å². The summed E-state index contributed by atoms with van der Waals surface area (Å²) in [5.41, 5.74) is 0.967. The highest BCUT2D eigenvalue weighted by Crippen LogP contribution is 2.14. The van der Waals surface area contributed by atoms with Gasteiger partial charge in [0.2, 0.25) is 10.0 Å². The van der Waals surface area contributed by atoms with Crippen LogP contribution in [0.25, 0.3) is 0 Å². The maximum atomic E-state index is 12.3. The third-order valence-corrected chi connectivity index (χ3v) is 5.43. The van der Waals surface area contributed by atoms with Crippen LogP contribution in [0.5, 0.6) is 5.75 Å². The van der Waals surface area contributed by atoms with Gasteiger partial charge in [0, 0.05) is 11.3 Å². The number of carbonyl (C=O) groups is 1. The van der Waals surface area contributed by atoms with Crippen molar-refractivity contribution in [2.45, 2.75) is 43.9 Å². The molecule has 0 heterocycles. The lowest BCUT2D eigenvalue weighted by Gasteiger charge is -2.11. The van der Waals surface area contributed by atoms with E-state index in [0.29, 0.717) is 17.9 Å². The molecule has 0 atom stereocenters. The summed E-state index contributed by atoms with van der Waals surface area (Å²) in [5.74, 6) is 0.359. The summed E-state index contributed by atoms with van der Waals surface area (Å²) in [5, 5.41) is 10.6. The molecule has 2 aromatic rings. The van der Waals surface area contributed by atoms with Gasteiger partial charge in [0.05, 0.1) is 11.5 Å². The summed E-state index contributed by atoms with van der Waals surface area (Å²) in [4.78, 5) is 12.3. The average Bonchev–Trinajstić information content (AvgIpc) is 2.70. The first kappa shape index (κ1) is 23.8. The number of hydrogen-bond donors (Lipinski definition) is 3. The predicted octanol–water partition coefficient (Wildman–Crippen LogP) is 3.81. The van der Waals surface area contributed by atoms with Crippen LogP contribution in [0.3, 0.4) is 0 Å². The van der Waals surface area contributed by atoms with Crippen LogP contribution in [0.4, 0.5) is 5.69 Å². The molecule has 0 bridgehead atoms. The molecule has 0 spiro atoms. The van der Waals surface area contributed by atoms with Crippen molar-refractivity contribution in [1.82, 2.24) is 5.32 Å². The number of primary sulfonamides is 1. The molecule has 0 aliphatic rings. The molecule has 30 heavy (non-hydrogen) atoms. The Labute approximate surface area is 183 Å². The van der Waals surface area contributed by atoms with Crippen molar-refractivity contribution in [3.05, 3.63) is 54.1 Å². The highest BCUT2D eigenvalue weighted by molar-refractivity contribution is 7.89. The number of nitrogens with two attached hydrogens (primary N) is 1. The Balaban J connectivity index is 1.80. The quantitative estimate of drug-likeness (QED) is 0.376. The normalized spacial score (nSPS) is 11.0. The first-order valence-corrected chi connectivity index (χ1v) is 11.7. The van der Waals surface area contributed by atoms with Gasteiger partial charge in [-0.1, -0.05) is 32.6 Å². The van der Waals surface area contributed by atoms with Gasteiger partial charge in [0.25, 0.3) is 5.91 Å². The van der Waals surface area contributed by atoms with Crippen LogP contribution in [0.2, 0.25) is 0 Å². The van der Waals surface area contributed by atoms with Crippen LogP contribution in [0, 0.1) is 0 Å². The zero-order valence-corrected chi connectivity index (χ0v) is 18.5. The van der Waals surface area contributed by atoms with E-state index in [1.807, 2.05) is 0 Å². The minimum atomic E-state index is -3.76. The second kappa shape index (κ2) is 11.6. The van der Waals surface area contributed by atoms with Crippen molar-refractivity contribution in [1.29, 1.82) is 0 Å². The van der Waals surface area contributed by atoms with Gasteiger partial charge in [-0.25, -0.2) is 13.6 Å². The summed E-state index contributed by atoms with van der Waals surface area (Å²) in [6.07, 6.45) is 5.86. The molecule has 0 unspecified atom stereocenters. The maximum absolute atomic E-state index is 12.3. The molecule has 0 saturated heterocycles. The highest BCUT2D eigenvalue weighted by atomic mass is 32.2. The molecular formula is C21H27N3O4S2. The summed E-state index contributed by atoms with van der Waals surface area (Å²) < 4.78 is 28.2. The lowest BCUT2D eigenvalue weighted by molar-refractivity contribution is 0.0977.